The van der Waals surface area contributed by atoms with Crippen LogP contribution in [0, 0.1) is 13.8 Å². The Morgan fingerprint density at radius 1 is 0.875 bits per heavy atom. The number of piperazine rings is 1. The number of aryl methyl sites for hydroxylation is 1. The third kappa shape index (κ3) is 4.17. The number of nitrogens with zero attached hydrogens (tertiary/aromatic N) is 3. The summed E-state index contributed by atoms with van der Waals surface area (Å²) < 4.78 is 40.2. The van der Waals surface area contributed by atoms with Crippen molar-refractivity contribution in [3.05, 3.63) is 75.9 Å². The van der Waals surface area contributed by atoms with E-state index >= 15 is 0 Å². The van der Waals surface area contributed by atoms with Crippen LogP contribution in [0.5, 0.6) is 0 Å². The maximum absolute atomic E-state index is 13.3. The molecule has 0 saturated carbocycles. The molecule has 1 saturated heterocycles. The molecule has 2 amide bonds. The average Bonchev–Trinajstić information content (AvgIpc) is 3.41. The van der Waals surface area contributed by atoms with Crippen molar-refractivity contribution < 1.29 is 22.8 Å². The Bertz CT molecular complexity index is 1130. The molecule has 168 valence electrons. The van der Waals surface area contributed by atoms with Gasteiger partial charge in [0.25, 0.3) is 11.8 Å². The Hall–Kier alpha value is -3.07. The summed E-state index contributed by atoms with van der Waals surface area (Å²) in [7, 11) is 0. The van der Waals surface area contributed by atoms with Gasteiger partial charge in [-0.25, -0.2) is 0 Å². The first-order chi connectivity index (χ1) is 15.2. The Balaban J connectivity index is 1.45. The van der Waals surface area contributed by atoms with Crippen molar-refractivity contribution in [1.29, 1.82) is 0 Å². The van der Waals surface area contributed by atoms with E-state index in [2.05, 4.69) is 0 Å². The van der Waals surface area contributed by atoms with Crippen LogP contribution in [0.15, 0.2) is 48.8 Å². The Morgan fingerprint density at radius 3 is 1.94 bits per heavy atom. The van der Waals surface area contributed by atoms with Gasteiger partial charge in [0, 0.05) is 49.0 Å². The van der Waals surface area contributed by atoms with E-state index in [1.807, 2.05) is 42.9 Å². The average molecular weight is 462 g/mol. The number of hydrogen-bond donors (Lipinski definition) is 0. The molecule has 1 aliphatic rings. The molecular weight excluding hydrogens is 439 g/mol. The number of benzene rings is 1. The van der Waals surface area contributed by atoms with E-state index in [4.69, 9.17) is 0 Å². The second-order valence-corrected chi connectivity index (χ2v) is 8.92. The second-order valence-electron chi connectivity index (χ2n) is 7.71. The normalized spacial score (nSPS) is 14.7. The highest BCUT2D eigenvalue weighted by Crippen LogP contribution is 2.32. The van der Waals surface area contributed by atoms with Gasteiger partial charge in [-0.15, -0.1) is 11.3 Å². The lowest BCUT2D eigenvalue weighted by atomic mass is 10.1. The van der Waals surface area contributed by atoms with Crippen molar-refractivity contribution in [1.82, 2.24) is 14.4 Å². The van der Waals surface area contributed by atoms with E-state index in [1.54, 1.807) is 21.1 Å². The SMILES string of the molecule is Cc1sc(-n2cccc2)c(C(=O)N2CCN(C(=O)c3ccc(C(F)(F)F)cc3)CC2)c1C. The van der Waals surface area contributed by atoms with Gasteiger partial charge in [0.1, 0.15) is 5.00 Å². The van der Waals surface area contributed by atoms with Crippen LogP contribution in [0.1, 0.15) is 36.7 Å². The lowest BCUT2D eigenvalue weighted by molar-refractivity contribution is -0.137. The predicted octanol–water partition coefficient (Wildman–Crippen LogP) is 4.77. The van der Waals surface area contributed by atoms with Gasteiger partial charge in [0.05, 0.1) is 11.1 Å². The van der Waals surface area contributed by atoms with Crippen LogP contribution in [0.25, 0.3) is 5.00 Å². The van der Waals surface area contributed by atoms with Crippen molar-refractivity contribution in [2.75, 3.05) is 26.2 Å². The Labute approximate surface area is 187 Å². The molecule has 3 aromatic rings. The molecule has 3 heterocycles. The first-order valence-corrected chi connectivity index (χ1v) is 11.0. The van der Waals surface area contributed by atoms with E-state index in [-0.39, 0.29) is 17.4 Å². The minimum atomic E-state index is -4.44. The largest absolute Gasteiger partial charge is 0.416 e. The molecule has 1 fully saturated rings. The highest BCUT2D eigenvalue weighted by atomic mass is 32.1. The zero-order valence-electron chi connectivity index (χ0n) is 17.6. The number of carbonyl (C=O) groups is 2. The predicted molar refractivity (Wildman–Crippen MR) is 116 cm³/mol. The summed E-state index contributed by atoms with van der Waals surface area (Å²) >= 11 is 1.57. The molecule has 0 radical (unpaired) electrons. The van der Waals surface area contributed by atoms with Crippen molar-refractivity contribution in [3.8, 4) is 5.00 Å². The number of amides is 2. The van der Waals surface area contributed by atoms with E-state index in [9.17, 15) is 22.8 Å². The summed E-state index contributed by atoms with van der Waals surface area (Å²) in [6.07, 6.45) is -0.629. The number of alkyl halides is 3. The van der Waals surface area contributed by atoms with Crippen LogP contribution in [0.3, 0.4) is 0 Å². The molecule has 5 nitrogen and oxygen atoms in total. The molecule has 0 aliphatic carbocycles. The first kappa shape index (κ1) is 22.1. The molecule has 0 atom stereocenters. The number of thiophene rings is 1. The number of carbonyl (C=O) groups excluding carboxylic acids is 2. The minimum Gasteiger partial charge on any atom is -0.335 e. The van der Waals surface area contributed by atoms with Gasteiger partial charge in [-0.3, -0.25) is 9.59 Å². The van der Waals surface area contributed by atoms with Crippen LogP contribution in [0.2, 0.25) is 0 Å². The van der Waals surface area contributed by atoms with Crippen LogP contribution in [-0.4, -0.2) is 52.4 Å². The lowest BCUT2D eigenvalue weighted by Gasteiger charge is -2.35. The topological polar surface area (TPSA) is 45.6 Å². The molecule has 4 rings (SSSR count). The number of rotatable bonds is 3. The van der Waals surface area contributed by atoms with Crippen LogP contribution in [0.4, 0.5) is 13.2 Å². The lowest BCUT2D eigenvalue weighted by Crippen LogP contribution is -2.50. The fraction of sp³-hybridized carbons (Fsp3) is 0.304. The van der Waals surface area contributed by atoms with E-state index in [0.29, 0.717) is 31.7 Å². The van der Waals surface area contributed by atoms with E-state index < -0.39 is 11.7 Å². The monoisotopic (exact) mass is 461 g/mol. The van der Waals surface area contributed by atoms with Crippen LogP contribution >= 0.6 is 11.3 Å². The second kappa shape index (κ2) is 8.46. The smallest absolute Gasteiger partial charge is 0.335 e. The molecule has 9 heteroatoms. The summed E-state index contributed by atoms with van der Waals surface area (Å²) in [5, 5.41) is 0.873. The Morgan fingerprint density at radius 2 is 1.41 bits per heavy atom. The Kier molecular flexibility index (Phi) is 5.85. The van der Waals surface area contributed by atoms with Gasteiger partial charge >= 0.3 is 6.18 Å². The number of hydrogen-bond acceptors (Lipinski definition) is 3. The molecule has 2 aromatic heterocycles. The maximum Gasteiger partial charge on any atom is 0.416 e. The molecule has 1 aromatic carbocycles. The fourth-order valence-electron chi connectivity index (χ4n) is 3.77. The molecule has 0 spiro atoms. The quantitative estimate of drug-likeness (QED) is 0.564. The summed E-state index contributed by atoms with van der Waals surface area (Å²) in [6, 6.07) is 8.04. The molecular formula is C23H22F3N3O2S. The molecule has 1 aliphatic heterocycles. The molecule has 0 N–H and O–H groups in total. The number of aromatic nitrogens is 1. The molecule has 32 heavy (non-hydrogen) atoms. The van der Waals surface area contributed by atoms with Gasteiger partial charge in [-0.2, -0.15) is 13.2 Å². The molecule has 0 bridgehead atoms. The first-order valence-electron chi connectivity index (χ1n) is 10.2. The standard InChI is InChI=1S/C23H22F3N3O2S/c1-15-16(2)32-22(29-9-3-4-10-29)19(15)21(31)28-13-11-27(12-14-28)20(30)17-5-7-18(8-6-17)23(24,25)26/h3-10H,11-14H2,1-2H3. The summed E-state index contributed by atoms with van der Waals surface area (Å²) in [6.45, 7) is 5.31. The van der Waals surface area contributed by atoms with Gasteiger partial charge in [0.15, 0.2) is 0 Å². The number of halogens is 3. The van der Waals surface area contributed by atoms with Crippen LogP contribution in [-0.2, 0) is 6.18 Å². The van der Waals surface area contributed by atoms with Crippen molar-refractivity contribution in [2.45, 2.75) is 20.0 Å². The van der Waals surface area contributed by atoms with E-state index in [0.717, 1.165) is 27.6 Å². The fourth-order valence-corrected chi connectivity index (χ4v) is 4.88. The van der Waals surface area contributed by atoms with Gasteiger partial charge < -0.3 is 14.4 Å². The summed E-state index contributed by atoms with van der Waals surface area (Å²) in [5.74, 6) is -0.404. The minimum absolute atomic E-state index is 0.0721. The highest BCUT2D eigenvalue weighted by molar-refractivity contribution is 7.15. The van der Waals surface area contributed by atoms with Gasteiger partial charge in [-0.1, -0.05) is 0 Å². The molecule has 0 unspecified atom stereocenters. The highest BCUT2D eigenvalue weighted by Gasteiger charge is 2.32. The zero-order chi connectivity index (χ0) is 23.0. The van der Waals surface area contributed by atoms with Crippen molar-refractivity contribution in [2.24, 2.45) is 0 Å². The van der Waals surface area contributed by atoms with Gasteiger partial charge in [0.2, 0.25) is 0 Å². The zero-order valence-corrected chi connectivity index (χ0v) is 18.5. The van der Waals surface area contributed by atoms with Gasteiger partial charge in [-0.05, 0) is 55.8 Å². The third-order valence-corrected chi connectivity index (χ3v) is 6.95. The third-order valence-electron chi connectivity index (χ3n) is 5.73. The van der Waals surface area contributed by atoms with Crippen molar-refractivity contribution in [3.63, 3.8) is 0 Å². The van der Waals surface area contributed by atoms with Crippen LogP contribution < -0.4 is 0 Å². The summed E-state index contributed by atoms with van der Waals surface area (Å²) in [4.78, 5) is 30.4. The van der Waals surface area contributed by atoms with Crippen molar-refractivity contribution >= 4 is 23.2 Å². The maximum atomic E-state index is 13.3. The van der Waals surface area contributed by atoms with E-state index in [1.165, 1.54) is 12.1 Å². The summed E-state index contributed by atoms with van der Waals surface area (Å²) in [5.41, 5.74) is 1.04.